The minimum absolute atomic E-state index is 0.329. The number of nitrogens with one attached hydrogen (secondary N) is 1. The van der Waals surface area contributed by atoms with Crippen LogP contribution in [0.1, 0.15) is 19.4 Å². The van der Waals surface area contributed by atoms with Crippen LogP contribution in [0.2, 0.25) is 5.02 Å². The molecule has 0 saturated carbocycles. The first-order valence-electron chi connectivity index (χ1n) is 6.96. The standard InChI is InChI=1S/C17H19ClFNO/c1-12(2)11-21-17-6-4-3-5-16(17)20-10-13-7-8-14(19)9-15(13)18/h3-9,12,20H,10-11H2,1-2H3. The second kappa shape index (κ2) is 7.32. The monoisotopic (exact) mass is 307 g/mol. The van der Waals surface area contributed by atoms with Crippen LogP contribution < -0.4 is 10.1 Å². The van der Waals surface area contributed by atoms with Gasteiger partial charge in [0.25, 0.3) is 0 Å². The third kappa shape index (κ3) is 4.64. The van der Waals surface area contributed by atoms with E-state index >= 15 is 0 Å². The van der Waals surface area contributed by atoms with Crippen molar-refractivity contribution < 1.29 is 9.13 Å². The topological polar surface area (TPSA) is 21.3 Å². The van der Waals surface area contributed by atoms with Gasteiger partial charge in [-0.05, 0) is 35.7 Å². The van der Waals surface area contributed by atoms with Crippen LogP contribution in [0.3, 0.4) is 0 Å². The number of para-hydroxylation sites is 2. The molecule has 0 aliphatic carbocycles. The van der Waals surface area contributed by atoms with E-state index in [1.54, 1.807) is 6.07 Å². The first-order chi connectivity index (χ1) is 10.1. The maximum Gasteiger partial charge on any atom is 0.142 e. The van der Waals surface area contributed by atoms with E-state index in [1.165, 1.54) is 12.1 Å². The van der Waals surface area contributed by atoms with Crippen LogP contribution in [0.4, 0.5) is 10.1 Å². The molecule has 0 unspecified atom stereocenters. The molecule has 21 heavy (non-hydrogen) atoms. The number of anilines is 1. The van der Waals surface area contributed by atoms with E-state index in [1.807, 2.05) is 24.3 Å². The lowest BCUT2D eigenvalue weighted by Crippen LogP contribution is -2.07. The predicted molar refractivity (Wildman–Crippen MR) is 85.5 cm³/mol. The van der Waals surface area contributed by atoms with Gasteiger partial charge >= 0.3 is 0 Å². The van der Waals surface area contributed by atoms with Gasteiger partial charge in [0.05, 0.1) is 12.3 Å². The van der Waals surface area contributed by atoms with Crippen molar-refractivity contribution in [2.75, 3.05) is 11.9 Å². The third-order valence-electron chi connectivity index (χ3n) is 2.94. The maximum absolute atomic E-state index is 13.0. The minimum Gasteiger partial charge on any atom is -0.491 e. The lowest BCUT2D eigenvalue weighted by molar-refractivity contribution is 0.272. The van der Waals surface area contributed by atoms with Crippen LogP contribution in [0.5, 0.6) is 5.75 Å². The molecule has 4 heteroatoms. The molecule has 112 valence electrons. The molecule has 2 rings (SSSR count). The van der Waals surface area contributed by atoms with Crippen LogP contribution in [0.25, 0.3) is 0 Å². The smallest absolute Gasteiger partial charge is 0.142 e. The second-order valence-corrected chi connectivity index (χ2v) is 5.70. The summed E-state index contributed by atoms with van der Waals surface area (Å²) in [7, 11) is 0. The van der Waals surface area contributed by atoms with Crippen molar-refractivity contribution in [1.82, 2.24) is 0 Å². The summed E-state index contributed by atoms with van der Waals surface area (Å²) in [6.45, 7) is 5.39. The molecule has 0 fully saturated rings. The zero-order valence-corrected chi connectivity index (χ0v) is 13.0. The van der Waals surface area contributed by atoms with Gasteiger partial charge in [0.15, 0.2) is 0 Å². The van der Waals surface area contributed by atoms with Gasteiger partial charge in [-0.25, -0.2) is 4.39 Å². The van der Waals surface area contributed by atoms with E-state index in [-0.39, 0.29) is 5.82 Å². The summed E-state index contributed by atoms with van der Waals surface area (Å²) in [6, 6.07) is 12.2. The molecule has 0 heterocycles. The average Bonchev–Trinajstić information content (AvgIpc) is 2.45. The fourth-order valence-corrected chi connectivity index (χ4v) is 2.08. The number of benzene rings is 2. The summed E-state index contributed by atoms with van der Waals surface area (Å²) in [5.74, 6) is 0.943. The van der Waals surface area contributed by atoms with Crippen LogP contribution in [-0.4, -0.2) is 6.61 Å². The second-order valence-electron chi connectivity index (χ2n) is 5.29. The van der Waals surface area contributed by atoms with Gasteiger partial charge < -0.3 is 10.1 Å². The highest BCUT2D eigenvalue weighted by Gasteiger charge is 2.06. The van der Waals surface area contributed by atoms with Gasteiger partial charge in [-0.2, -0.15) is 0 Å². The molecule has 2 nitrogen and oxygen atoms in total. The molecule has 0 spiro atoms. The van der Waals surface area contributed by atoms with Crippen molar-refractivity contribution >= 4 is 17.3 Å². The van der Waals surface area contributed by atoms with Crippen LogP contribution in [-0.2, 0) is 6.54 Å². The Balaban J connectivity index is 2.05. The third-order valence-corrected chi connectivity index (χ3v) is 3.30. The van der Waals surface area contributed by atoms with E-state index in [0.29, 0.717) is 24.1 Å². The van der Waals surface area contributed by atoms with E-state index in [0.717, 1.165) is 17.0 Å². The Hall–Kier alpha value is -1.74. The summed E-state index contributed by atoms with van der Waals surface area (Å²) < 4.78 is 18.8. The first-order valence-corrected chi connectivity index (χ1v) is 7.33. The maximum atomic E-state index is 13.0. The number of rotatable bonds is 6. The van der Waals surface area contributed by atoms with Gasteiger partial charge in [-0.1, -0.05) is 43.6 Å². The molecule has 0 aromatic heterocycles. The van der Waals surface area contributed by atoms with Gasteiger partial charge in [-0.15, -0.1) is 0 Å². The van der Waals surface area contributed by atoms with Gasteiger partial charge in [0, 0.05) is 11.6 Å². The fraction of sp³-hybridized carbons (Fsp3) is 0.294. The zero-order valence-electron chi connectivity index (χ0n) is 12.2. The van der Waals surface area contributed by atoms with E-state index in [2.05, 4.69) is 19.2 Å². The number of halogens is 2. The molecule has 0 saturated heterocycles. The minimum atomic E-state index is -0.329. The summed E-state index contributed by atoms with van der Waals surface area (Å²) in [5.41, 5.74) is 1.75. The molecule has 0 radical (unpaired) electrons. The Bertz CT molecular complexity index is 601. The van der Waals surface area contributed by atoms with Gasteiger partial charge in [0.1, 0.15) is 11.6 Å². The Morgan fingerprint density at radius 3 is 2.67 bits per heavy atom. The SMILES string of the molecule is CC(C)COc1ccccc1NCc1ccc(F)cc1Cl. The van der Waals surface area contributed by atoms with E-state index < -0.39 is 0 Å². The van der Waals surface area contributed by atoms with E-state index in [4.69, 9.17) is 16.3 Å². The normalized spacial score (nSPS) is 10.7. The van der Waals surface area contributed by atoms with Gasteiger partial charge in [0.2, 0.25) is 0 Å². The molecule has 2 aromatic rings. The molecule has 0 bridgehead atoms. The summed E-state index contributed by atoms with van der Waals surface area (Å²) >= 11 is 6.03. The molecule has 0 aliphatic rings. The Labute approximate surface area is 129 Å². The lowest BCUT2D eigenvalue weighted by atomic mass is 10.2. The van der Waals surface area contributed by atoms with Crippen LogP contribution >= 0.6 is 11.6 Å². The summed E-state index contributed by atoms with van der Waals surface area (Å²) in [5, 5.41) is 3.70. The molecule has 0 aliphatic heterocycles. The Morgan fingerprint density at radius 1 is 1.19 bits per heavy atom. The highest BCUT2D eigenvalue weighted by molar-refractivity contribution is 6.31. The molecule has 2 aromatic carbocycles. The molecule has 0 amide bonds. The van der Waals surface area contributed by atoms with Crippen molar-refractivity contribution in [1.29, 1.82) is 0 Å². The van der Waals surface area contributed by atoms with Crippen LogP contribution in [0.15, 0.2) is 42.5 Å². The quantitative estimate of drug-likeness (QED) is 0.799. The fourth-order valence-electron chi connectivity index (χ4n) is 1.85. The van der Waals surface area contributed by atoms with Crippen molar-refractivity contribution in [3.8, 4) is 5.75 Å². The Kier molecular flexibility index (Phi) is 5.45. The molecule has 0 atom stereocenters. The Morgan fingerprint density at radius 2 is 1.95 bits per heavy atom. The average molecular weight is 308 g/mol. The van der Waals surface area contributed by atoms with Crippen molar-refractivity contribution in [3.05, 3.63) is 58.9 Å². The van der Waals surface area contributed by atoms with E-state index in [9.17, 15) is 4.39 Å². The highest BCUT2D eigenvalue weighted by atomic mass is 35.5. The zero-order chi connectivity index (χ0) is 15.2. The van der Waals surface area contributed by atoms with Crippen molar-refractivity contribution in [2.24, 2.45) is 5.92 Å². The lowest BCUT2D eigenvalue weighted by Gasteiger charge is -2.15. The highest BCUT2D eigenvalue weighted by Crippen LogP contribution is 2.26. The van der Waals surface area contributed by atoms with Crippen molar-refractivity contribution in [2.45, 2.75) is 20.4 Å². The summed E-state index contributed by atoms with van der Waals surface area (Å²) in [6.07, 6.45) is 0. The number of ether oxygens (including phenoxy) is 1. The van der Waals surface area contributed by atoms with Crippen molar-refractivity contribution in [3.63, 3.8) is 0 Å². The summed E-state index contributed by atoms with van der Waals surface area (Å²) in [4.78, 5) is 0. The molecular weight excluding hydrogens is 289 g/mol. The number of hydrogen-bond acceptors (Lipinski definition) is 2. The van der Waals surface area contributed by atoms with Gasteiger partial charge in [-0.3, -0.25) is 0 Å². The predicted octanol–water partition coefficient (Wildman–Crippen LogP) is 5.13. The molecule has 1 N–H and O–H groups in total. The van der Waals surface area contributed by atoms with Crippen LogP contribution in [0, 0.1) is 11.7 Å². The number of hydrogen-bond donors (Lipinski definition) is 1. The first kappa shape index (κ1) is 15.6. The largest absolute Gasteiger partial charge is 0.491 e. The molecular formula is C17H19ClFNO.